The van der Waals surface area contributed by atoms with Gasteiger partial charge in [0.25, 0.3) is 0 Å². The summed E-state index contributed by atoms with van der Waals surface area (Å²) in [5.41, 5.74) is 3.70. The monoisotopic (exact) mass is 370 g/mol. The van der Waals surface area contributed by atoms with Crippen molar-refractivity contribution in [3.05, 3.63) is 64.7 Å². The van der Waals surface area contributed by atoms with Gasteiger partial charge in [0.05, 0.1) is 42.7 Å². The first-order chi connectivity index (χ1) is 12.4. The molecule has 0 spiro atoms. The van der Waals surface area contributed by atoms with Gasteiger partial charge in [-0.15, -0.1) is 0 Å². The molecule has 0 bridgehead atoms. The van der Waals surface area contributed by atoms with E-state index in [4.69, 9.17) is 5.26 Å². The number of piperazine rings is 1. The number of aryl methyl sites for hydroxylation is 2. The summed E-state index contributed by atoms with van der Waals surface area (Å²) in [5.74, 6) is 0. The summed E-state index contributed by atoms with van der Waals surface area (Å²) in [7, 11) is -3.43. The molecule has 1 heterocycles. The lowest BCUT2D eigenvalue weighted by atomic mass is 10.1. The number of nitriles is 1. The van der Waals surface area contributed by atoms with Gasteiger partial charge in [0, 0.05) is 5.56 Å². The van der Waals surface area contributed by atoms with E-state index in [-0.39, 0.29) is 0 Å². The topological polar surface area (TPSA) is 65.6 Å². The SMILES string of the molecule is Cc1ccc(S(=O)(=O)N2CC[NH+](Cc3ccc(C#N)cc3)CC2)c(C)c1. The Kier molecular flexibility index (Phi) is 5.42. The van der Waals surface area contributed by atoms with Crippen LogP contribution in [0.15, 0.2) is 47.4 Å². The maximum absolute atomic E-state index is 12.9. The summed E-state index contributed by atoms with van der Waals surface area (Å²) in [6.07, 6.45) is 0. The molecule has 0 radical (unpaired) electrons. The predicted molar refractivity (Wildman–Crippen MR) is 100 cm³/mol. The van der Waals surface area contributed by atoms with Crippen molar-refractivity contribution in [2.45, 2.75) is 25.3 Å². The van der Waals surface area contributed by atoms with E-state index >= 15 is 0 Å². The van der Waals surface area contributed by atoms with E-state index < -0.39 is 10.0 Å². The van der Waals surface area contributed by atoms with Crippen LogP contribution in [0.2, 0.25) is 0 Å². The average Bonchev–Trinajstić information content (AvgIpc) is 2.62. The van der Waals surface area contributed by atoms with Crippen LogP contribution in [0, 0.1) is 25.2 Å². The summed E-state index contributed by atoms with van der Waals surface area (Å²) in [6, 6.07) is 15.2. The lowest BCUT2D eigenvalue weighted by Crippen LogP contribution is -3.13. The van der Waals surface area contributed by atoms with Crippen LogP contribution in [0.4, 0.5) is 0 Å². The number of benzene rings is 2. The van der Waals surface area contributed by atoms with Crippen LogP contribution in [0.5, 0.6) is 0 Å². The fourth-order valence-electron chi connectivity index (χ4n) is 3.43. The van der Waals surface area contributed by atoms with Crippen molar-refractivity contribution in [3.8, 4) is 6.07 Å². The highest BCUT2D eigenvalue weighted by atomic mass is 32.2. The van der Waals surface area contributed by atoms with Crippen LogP contribution in [-0.2, 0) is 16.6 Å². The summed E-state index contributed by atoms with van der Waals surface area (Å²) in [5, 5.41) is 8.87. The number of nitrogens with one attached hydrogen (secondary N) is 1. The molecule has 6 heteroatoms. The molecule has 0 aromatic heterocycles. The summed E-state index contributed by atoms with van der Waals surface area (Å²) >= 11 is 0. The molecule has 2 aromatic carbocycles. The van der Waals surface area contributed by atoms with Gasteiger partial charge in [-0.05, 0) is 37.6 Å². The van der Waals surface area contributed by atoms with Crippen molar-refractivity contribution in [1.82, 2.24) is 4.31 Å². The van der Waals surface area contributed by atoms with Crippen LogP contribution in [0.25, 0.3) is 0 Å². The van der Waals surface area contributed by atoms with E-state index in [1.165, 1.54) is 10.5 Å². The third-order valence-electron chi connectivity index (χ3n) is 4.91. The second-order valence-corrected chi connectivity index (χ2v) is 8.81. The Hall–Kier alpha value is -2.20. The van der Waals surface area contributed by atoms with E-state index in [9.17, 15) is 8.42 Å². The smallest absolute Gasteiger partial charge is 0.243 e. The average molecular weight is 370 g/mol. The first-order valence-electron chi connectivity index (χ1n) is 8.80. The second-order valence-electron chi connectivity index (χ2n) is 6.91. The van der Waals surface area contributed by atoms with Crippen molar-refractivity contribution in [1.29, 1.82) is 5.26 Å². The fraction of sp³-hybridized carbons (Fsp3) is 0.350. The molecule has 1 saturated heterocycles. The Morgan fingerprint density at radius 3 is 2.31 bits per heavy atom. The molecule has 1 fully saturated rings. The third kappa shape index (κ3) is 3.96. The molecule has 1 aliphatic heterocycles. The molecule has 0 atom stereocenters. The first kappa shape index (κ1) is 18.6. The van der Waals surface area contributed by atoms with Gasteiger partial charge >= 0.3 is 0 Å². The Labute approximate surface area is 155 Å². The Morgan fingerprint density at radius 1 is 1.08 bits per heavy atom. The molecule has 0 aliphatic carbocycles. The minimum absolute atomic E-state index is 0.415. The molecule has 2 aromatic rings. The standard InChI is InChI=1S/C20H23N3O2S/c1-16-3-8-20(17(2)13-16)26(24,25)23-11-9-22(10-12-23)15-19-6-4-18(14-21)5-7-19/h3-8,13H,9-12,15H2,1-2H3/p+1. The van der Waals surface area contributed by atoms with Crippen molar-refractivity contribution in [2.75, 3.05) is 26.2 Å². The van der Waals surface area contributed by atoms with Crippen molar-refractivity contribution in [3.63, 3.8) is 0 Å². The largest absolute Gasteiger partial charge is 0.329 e. The Morgan fingerprint density at radius 2 is 1.73 bits per heavy atom. The van der Waals surface area contributed by atoms with Gasteiger partial charge in [-0.3, -0.25) is 0 Å². The van der Waals surface area contributed by atoms with E-state index in [0.717, 1.165) is 30.8 Å². The molecule has 26 heavy (non-hydrogen) atoms. The highest BCUT2D eigenvalue weighted by Gasteiger charge is 2.31. The minimum atomic E-state index is -3.43. The minimum Gasteiger partial charge on any atom is -0.329 e. The number of hydrogen-bond acceptors (Lipinski definition) is 3. The number of sulfonamides is 1. The van der Waals surface area contributed by atoms with Gasteiger partial charge in [-0.2, -0.15) is 9.57 Å². The molecule has 0 unspecified atom stereocenters. The Balaban J connectivity index is 1.64. The quantitative estimate of drug-likeness (QED) is 0.881. The van der Waals surface area contributed by atoms with E-state index in [1.54, 1.807) is 10.4 Å². The van der Waals surface area contributed by atoms with Crippen molar-refractivity contribution >= 4 is 10.0 Å². The van der Waals surface area contributed by atoms with Gasteiger partial charge in [0.15, 0.2) is 0 Å². The van der Waals surface area contributed by atoms with Gasteiger partial charge in [0.1, 0.15) is 6.54 Å². The number of hydrogen-bond donors (Lipinski definition) is 1. The molecule has 5 nitrogen and oxygen atoms in total. The molecule has 136 valence electrons. The third-order valence-corrected chi connectivity index (χ3v) is 6.97. The van der Waals surface area contributed by atoms with Crippen molar-refractivity contribution < 1.29 is 13.3 Å². The van der Waals surface area contributed by atoms with Gasteiger partial charge < -0.3 is 4.90 Å². The Bertz CT molecular complexity index is 923. The van der Waals surface area contributed by atoms with Crippen LogP contribution >= 0.6 is 0 Å². The molecular weight excluding hydrogens is 346 g/mol. The molecular formula is C20H24N3O2S+. The van der Waals surface area contributed by atoms with E-state index in [0.29, 0.717) is 23.5 Å². The number of rotatable bonds is 4. The van der Waals surface area contributed by atoms with Crippen molar-refractivity contribution in [2.24, 2.45) is 0 Å². The van der Waals surface area contributed by atoms with Crippen LogP contribution in [-0.4, -0.2) is 38.9 Å². The predicted octanol–water partition coefficient (Wildman–Crippen LogP) is 1.26. The zero-order valence-electron chi connectivity index (χ0n) is 15.2. The summed E-state index contributed by atoms with van der Waals surface area (Å²) < 4.78 is 27.5. The van der Waals surface area contributed by atoms with Crippen LogP contribution in [0.3, 0.4) is 0 Å². The van der Waals surface area contributed by atoms with Crippen LogP contribution in [0.1, 0.15) is 22.3 Å². The second kappa shape index (κ2) is 7.58. The number of nitrogens with zero attached hydrogens (tertiary/aromatic N) is 2. The zero-order chi connectivity index (χ0) is 18.7. The molecule has 1 aliphatic rings. The molecule has 1 N–H and O–H groups in total. The normalized spacial score (nSPS) is 16.3. The lowest BCUT2D eigenvalue weighted by Gasteiger charge is -2.32. The molecule has 0 amide bonds. The maximum atomic E-state index is 12.9. The van der Waals surface area contributed by atoms with Crippen LogP contribution < -0.4 is 4.90 Å². The highest BCUT2D eigenvalue weighted by molar-refractivity contribution is 7.89. The molecule has 0 saturated carbocycles. The van der Waals surface area contributed by atoms with Gasteiger partial charge in [-0.25, -0.2) is 8.42 Å². The number of quaternary nitrogens is 1. The highest BCUT2D eigenvalue weighted by Crippen LogP contribution is 2.20. The van der Waals surface area contributed by atoms with Gasteiger partial charge in [0.2, 0.25) is 10.0 Å². The summed E-state index contributed by atoms with van der Waals surface area (Å²) in [6.45, 7) is 7.29. The summed E-state index contributed by atoms with van der Waals surface area (Å²) in [4.78, 5) is 1.78. The maximum Gasteiger partial charge on any atom is 0.243 e. The van der Waals surface area contributed by atoms with E-state index in [2.05, 4.69) is 6.07 Å². The first-order valence-corrected chi connectivity index (χ1v) is 10.2. The fourth-order valence-corrected chi connectivity index (χ4v) is 5.08. The van der Waals surface area contributed by atoms with E-state index in [1.807, 2.05) is 50.2 Å². The van der Waals surface area contributed by atoms with Gasteiger partial charge in [-0.1, -0.05) is 29.8 Å². The lowest BCUT2D eigenvalue weighted by molar-refractivity contribution is -0.917. The zero-order valence-corrected chi connectivity index (χ0v) is 16.0. The molecule has 3 rings (SSSR count).